The van der Waals surface area contributed by atoms with Crippen LogP contribution in [0.25, 0.3) is 0 Å². The number of nitrogens with zero attached hydrogens (tertiary/aromatic N) is 1. The Hall–Kier alpha value is -2.74. The predicted molar refractivity (Wildman–Crippen MR) is 89.0 cm³/mol. The van der Waals surface area contributed by atoms with Crippen LogP contribution in [0.1, 0.15) is 21.5 Å². The number of hydrogen-bond donors (Lipinski definition) is 0. The molecular weight excluding hydrogens is 375 g/mol. The average Bonchev–Trinajstić information content (AvgIpc) is 2.62. The zero-order valence-electron chi connectivity index (χ0n) is 13.6. The summed E-state index contributed by atoms with van der Waals surface area (Å²) in [6.45, 7) is 0. The molecule has 0 atom stereocenters. The molecule has 138 valence electrons. The molecule has 0 bridgehead atoms. The van der Waals surface area contributed by atoms with Crippen molar-refractivity contribution in [2.45, 2.75) is 6.18 Å². The smallest absolute Gasteiger partial charge is 0.416 e. The molecule has 2 rings (SSSR count). The van der Waals surface area contributed by atoms with E-state index in [0.717, 1.165) is 24.3 Å². The molecule has 0 saturated carbocycles. The van der Waals surface area contributed by atoms with E-state index in [9.17, 15) is 18.0 Å². The standard InChI is InChI=1S/C17H13ClF3NO4/c1-24-13-8-5-11(14(18)15(13)25-2)9-22-26-16(23)10-3-6-12(7-4-10)17(19,20)21/h3-9H,1-2H3/b22-9+. The summed E-state index contributed by atoms with van der Waals surface area (Å²) in [5.74, 6) is -0.213. The lowest BCUT2D eigenvalue weighted by atomic mass is 10.1. The molecule has 0 radical (unpaired) electrons. The number of oxime groups is 1. The van der Waals surface area contributed by atoms with Gasteiger partial charge in [-0.25, -0.2) is 4.79 Å². The highest BCUT2D eigenvalue weighted by Gasteiger charge is 2.30. The first kappa shape index (κ1) is 19.6. The third-order valence-electron chi connectivity index (χ3n) is 3.29. The van der Waals surface area contributed by atoms with Crippen molar-refractivity contribution in [1.82, 2.24) is 0 Å². The SMILES string of the molecule is COc1ccc(/C=N/OC(=O)c2ccc(C(F)(F)F)cc2)c(Cl)c1OC. The fourth-order valence-corrected chi connectivity index (χ4v) is 2.27. The highest BCUT2D eigenvalue weighted by atomic mass is 35.5. The second-order valence-electron chi connectivity index (χ2n) is 4.89. The van der Waals surface area contributed by atoms with Crippen LogP contribution in [0.2, 0.25) is 5.02 Å². The van der Waals surface area contributed by atoms with Crippen LogP contribution >= 0.6 is 11.6 Å². The van der Waals surface area contributed by atoms with Crippen LogP contribution in [0, 0.1) is 0 Å². The first-order valence-corrected chi connectivity index (χ1v) is 7.48. The van der Waals surface area contributed by atoms with Crippen molar-refractivity contribution >= 4 is 23.8 Å². The van der Waals surface area contributed by atoms with E-state index in [1.807, 2.05) is 0 Å². The van der Waals surface area contributed by atoms with Crippen molar-refractivity contribution in [1.29, 1.82) is 0 Å². The van der Waals surface area contributed by atoms with E-state index in [0.29, 0.717) is 11.3 Å². The maximum atomic E-state index is 12.5. The second-order valence-corrected chi connectivity index (χ2v) is 5.27. The van der Waals surface area contributed by atoms with Gasteiger partial charge in [0.15, 0.2) is 11.5 Å². The number of ether oxygens (including phenoxy) is 2. The lowest BCUT2D eigenvalue weighted by Gasteiger charge is -2.10. The Kier molecular flexibility index (Phi) is 6.10. The summed E-state index contributed by atoms with van der Waals surface area (Å²) < 4.78 is 47.7. The molecule has 0 fully saturated rings. The highest BCUT2D eigenvalue weighted by Crippen LogP contribution is 2.36. The minimum absolute atomic E-state index is 0.0754. The number of alkyl halides is 3. The summed E-state index contributed by atoms with van der Waals surface area (Å²) >= 11 is 6.14. The molecule has 0 aliphatic heterocycles. The molecule has 26 heavy (non-hydrogen) atoms. The Labute approximate surface area is 151 Å². The first-order chi connectivity index (χ1) is 12.3. The highest BCUT2D eigenvalue weighted by molar-refractivity contribution is 6.34. The third-order valence-corrected chi connectivity index (χ3v) is 3.68. The molecule has 2 aromatic carbocycles. The molecular formula is C17H13ClF3NO4. The van der Waals surface area contributed by atoms with Gasteiger partial charge in [0.2, 0.25) is 0 Å². The molecule has 0 unspecified atom stereocenters. The molecule has 0 aromatic heterocycles. The fraction of sp³-hybridized carbons (Fsp3) is 0.176. The van der Waals surface area contributed by atoms with Gasteiger partial charge in [-0.15, -0.1) is 0 Å². The van der Waals surface area contributed by atoms with Gasteiger partial charge in [-0.05, 0) is 36.4 Å². The Morgan fingerprint density at radius 1 is 1.08 bits per heavy atom. The van der Waals surface area contributed by atoms with Crippen LogP contribution in [0.5, 0.6) is 11.5 Å². The van der Waals surface area contributed by atoms with E-state index in [1.54, 1.807) is 12.1 Å². The van der Waals surface area contributed by atoms with Crippen molar-refractivity contribution in [2.75, 3.05) is 14.2 Å². The van der Waals surface area contributed by atoms with E-state index >= 15 is 0 Å². The van der Waals surface area contributed by atoms with Gasteiger partial charge in [0, 0.05) is 5.56 Å². The summed E-state index contributed by atoms with van der Waals surface area (Å²) in [5.41, 5.74) is -0.548. The van der Waals surface area contributed by atoms with Crippen molar-refractivity contribution in [3.05, 3.63) is 58.1 Å². The number of benzene rings is 2. The van der Waals surface area contributed by atoms with Gasteiger partial charge in [0.25, 0.3) is 0 Å². The number of hydrogen-bond acceptors (Lipinski definition) is 5. The van der Waals surface area contributed by atoms with E-state index < -0.39 is 17.7 Å². The molecule has 0 heterocycles. The Morgan fingerprint density at radius 2 is 1.73 bits per heavy atom. The normalized spacial score (nSPS) is 11.5. The summed E-state index contributed by atoms with van der Waals surface area (Å²) in [6.07, 6.45) is -3.31. The largest absolute Gasteiger partial charge is 0.493 e. The summed E-state index contributed by atoms with van der Waals surface area (Å²) in [4.78, 5) is 16.5. The minimum atomic E-state index is -4.48. The predicted octanol–water partition coefficient (Wildman–Crippen LogP) is 4.57. The summed E-state index contributed by atoms with van der Waals surface area (Å²) in [6, 6.07) is 6.73. The monoisotopic (exact) mass is 387 g/mol. The van der Waals surface area contributed by atoms with Crippen molar-refractivity contribution in [3.8, 4) is 11.5 Å². The molecule has 0 amide bonds. The number of carbonyl (C=O) groups is 1. The Morgan fingerprint density at radius 3 is 2.27 bits per heavy atom. The molecule has 2 aromatic rings. The molecule has 0 saturated heterocycles. The van der Waals surface area contributed by atoms with Gasteiger partial charge in [-0.1, -0.05) is 16.8 Å². The molecule has 0 spiro atoms. The summed E-state index contributed by atoms with van der Waals surface area (Å²) in [7, 11) is 2.86. The fourth-order valence-electron chi connectivity index (χ4n) is 1.98. The van der Waals surface area contributed by atoms with Crippen LogP contribution in [-0.2, 0) is 11.0 Å². The quantitative estimate of drug-likeness (QED) is 0.428. The Balaban J connectivity index is 2.10. The van der Waals surface area contributed by atoms with Crippen LogP contribution in [0.15, 0.2) is 41.6 Å². The van der Waals surface area contributed by atoms with Crippen LogP contribution in [-0.4, -0.2) is 26.4 Å². The topological polar surface area (TPSA) is 57.1 Å². The van der Waals surface area contributed by atoms with E-state index in [2.05, 4.69) is 9.99 Å². The average molecular weight is 388 g/mol. The van der Waals surface area contributed by atoms with Gasteiger partial charge in [0.1, 0.15) is 0 Å². The first-order valence-electron chi connectivity index (χ1n) is 7.10. The minimum Gasteiger partial charge on any atom is -0.493 e. The van der Waals surface area contributed by atoms with E-state index in [-0.39, 0.29) is 16.3 Å². The number of methoxy groups -OCH3 is 2. The maximum absolute atomic E-state index is 12.5. The number of halogens is 4. The van der Waals surface area contributed by atoms with Crippen molar-refractivity contribution in [3.63, 3.8) is 0 Å². The van der Waals surface area contributed by atoms with E-state index in [4.69, 9.17) is 21.1 Å². The van der Waals surface area contributed by atoms with Crippen LogP contribution in [0.4, 0.5) is 13.2 Å². The van der Waals surface area contributed by atoms with Gasteiger partial charge < -0.3 is 14.3 Å². The van der Waals surface area contributed by atoms with E-state index in [1.165, 1.54) is 20.4 Å². The zero-order valence-corrected chi connectivity index (χ0v) is 14.4. The van der Waals surface area contributed by atoms with Crippen LogP contribution in [0.3, 0.4) is 0 Å². The van der Waals surface area contributed by atoms with Gasteiger partial charge >= 0.3 is 12.1 Å². The molecule has 0 aliphatic carbocycles. The molecule has 9 heteroatoms. The lowest BCUT2D eigenvalue weighted by Crippen LogP contribution is -2.06. The second kappa shape index (κ2) is 8.09. The van der Waals surface area contributed by atoms with Crippen molar-refractivity contribution in [2.24, 2.45) is 5.16 Å². The van der Waals surface area contributed by atoms with Gasteiger partial charge in [-0.2, -0.15) is 13.2 Å². The van der Waals surface area contributed by atoms with Gasteiger partial charge in [-0.3, -0.25) is 0 Å². The summed E-state index contributed by atoms with van der Waals surface area (Å²) in [5, 5.41) is 3.70. The number of carbonyl (C=O) groups excluding carboxylic acids is 1. The van der Waals surface area contributed by atoms with Crippen molar-refractivity contribution < 1.29 is 32.3 Å². The molecule has 5 nitrogen and oxygen atoms in total. The molecule has 0 N–H and O–H groups in total. The van der Waals surface area contributed by atoms with Gasteiger partial charge in [0.05, 0.1) is 36.6 Å². The molecule has 0 aliphatic rings. The Bertz CT molecular complexity index is 820. The third kappa shape index (κ3) is 4.45. The lowest BCUT2D eigenvalue weighted by molar-refractivity contribution is -0.137. The van der Waals surface area contributed by atoms with Crippen LogP contribution < -0.4 is 9.47 Å². The number of rotatable bonds is 5. The maximum Gasteiger partial charge on any atom is 0.416 e. The zero-order chi connectivity index (χ0) is 19.3.